The summed E-state index contributed by atoms with van der Waals surface area (Å²) in [5, 5.41) is 7.06. The van der Waals surface area contributed by atoms with Crippen LogP contribution in [0.4, 0.5) is 4.79 Å². The van der Waals surface area contributed by atoms with E-state index in [1.165, 1.54) is 0 Å². The van der Waals surface area contributed by atoms with E-state index < -0.39 is 0 Å². The van der Waals surface area contributed by atoms with Crippen molar-refractivity contribution in [3.63, 3.8) is 0 Å². The molecule has 1 fully saturated rings. The standard InChI is InChI=1S/C13H22N4O3/c1-9(2)12-15-11(16-20-12)8-19-13(18)17(3)10-4-6-14-7-5-10/h9-10,14H,4-8H2,1-3H3. The van der Waals surface area contributed by atoms with Crippen LogP contribution in [0.1, 0.15) is 44.3 Å². The predicted octanol–water partition coefficient (Wildman–Crippen LogP) is 1.51. The summed E-state index contributed by atoms with van der Waals surface area (Å²) < 4.78 is 10.3. The van der Waals surface area contributed by atoms with Crippen LogP contribution >= 0.6 is 0 Å². The predicted molar refractivity (Wildman–Crippen MR) is 72.2 cm³/mol. The van der Waals surface area contributed by atoms with Crippen LogP contribution in [0.15, 0.2) is 4.52 Å². The summed E-state index contributed by atoms with van der Waals surface area (Å²) in [6, 6.07) is 0.236. The molecule has 1 aromatic rings. The average molecular weight is 282 g/mol. The summed E-state index contributed by atoms with van der Waals surface area (Å²) in [6.07, 6.45) is 1.56. The van der Waals surface area contributed by atoms with E-state index in [9.17, 15) is 4.79 Å². The zero-order valence-electron chi connectivity index (χ0n) is 12.3. The second kappa shape index (κ2) is 6.69. The van der Waals surface area contributed by atoms with Crippen LogP contribution in [0, 0.1) is 0 Å². The Labute approximate surface area is 118 Å². The number of nitrogens with one attached hydrogen (secondary N) is 1. The Morgan fingerprint density at radius 3 is 2.80 bits per heavy atom. The molecule has 2 heterocycles. The SMILES string of the molecule is CC(C)c1nc(COC(=O)N(C)C2CCNCC2)no1. The van der Waals surface area contributed by atoms with Gasteiger partial charge >= 0.3 is 6.09 Å². The molecule has 112 valence electrons. The highest BCUT2D eigenvalue weighted by atomic mass is 16.6. The molecule has 7 heteroatoms. The third-order valence-electron chi connectivity index (χ3n) is 3.45. The van der Waals surface area contributed by atoms with Crippen LogP contribution in [0.25, 0.3) is 0 Å². The molecule has 0 bridgehead atoms. The first kappa shape index (κ1) is 14.8. The number of nitrogens with zero attached hydrogens (tertiary/aromatic N) is 3. The minimum atomic E-state index is -0.340. The van der Waals surface area contributed by atoms with Gasteiger partial charge in [0.05, 0.1) is 0 Å². The van der Waals surface area contributed by atoms with Crippen molar-refractivity contribution in [2.45, 2.75) is 45.3 Å². The maximum Gasteiger partial charge on any atom is 0.410 e. The van der Waals surface area contributed by atoms with Gasteiger partial charge in [-0.25, -0.2) is 4.79 Å². The van der Waals surface area contributed by atoms with E-state index in [-0.39, 0.29) is 24.7 Å². The molecular formula is C13H22N4O3. The number of ether oxygens (including phenoxy) is 1. The molecule has 1 aromatic heterocycles. The zero-order valence-corrected chi connectivity index (χ0v) is 12.3. The van der Waals surface area contributed by atoms with Crippen molar-refractivity contribution >= 4 is 6.09 Å². The molecule has 1 aliphatic rings. The first-order valence-corrected chi connectivity index (χ1v) is 7.00. The van der Waals surface area contributed by atoms with Crippen molar-refractivity contribution in [2.24, 2.45) is 0 Å². The molecular weight excluding hydrogens is 260 g/mol. The summed E-state index contributed by atoms with van der Waals surface area (Å²) in [4.78, 5) is 17.8. The van der Waals surface area contributed by atoms with Gasteiger partial charge in [0.2, 0.25) is 11.7 Å². The van der Waals surface area contributed by atoms with Gasteiger partial charge in [0.1, 0.15) is 0 Å². The highest BCUT2D eigenvalue weighted by Crippen LogP contribution is 2.13. The highest BCUT2D eigenvalue weighted by Gasteiger charge is 2.23. The molecule has 0 radical (unpaired) electrons. The minimum absolute atomic E-state index is 0.0460. The summed E-state index contributed by atoms with van der Waals surface area (Å²) >= 11 is 0. The molecule has 0 aliphatic carbocycles. The summed E-state index contributed by atoms with van der Waals surface area (Å²) in [5.74, 6) is 1.13. The van der Waals surface area contributed by atoms with E-state index in [0.29, 0.717) is 11.7 Å². The Kier molecular flexibility index (Phi) is 4.94. The number of rotatable bonds is 4. The van der Waals surface area contributed by atoms with Crippen molar-refractivity contribution in [2.75, 3.05) is 20.1 Å². The van der Waals surface area contributed by atoms with Gasteiger partial charge in [-0.15, -0.1) is 0 Å². The first-order valence-electron chi connectivity index (χ1n) is 7.00. The van der Waals surface area contributed by atoms with E-state index in [1.807, 2.05) is 13.8 Å². The molecule has 20 heavy (non-hydrogen) atoms. The lowest BCUT2D eigenvalue weighted by Gasteiger charge is -2.30. The number of piperidine rings is 1. The first-order chi connectivity index (χ1) is 9.58. The normalized spacial score (nSPS) is 16.4. The molecule has 1 saturated heterocycles. The monoisotopic (exact) mass is 282 g/mol. The molecule has 1 N–H and O–H groups in total. The Hall–Kier alpha value is -1.63. The molecule has 0 spiro atoms. The molecule has 0 saturated carbocycles. The molecule has 7 nitrogen and oxygen atoms in total. The maximum absolute atomic E-state index is 12.0. The minimum Gasteiger partial charge on any atom is -0.441 e. The second-order valence-corrected chi connectivity index (χ2v) is 5.35. The lowest BCUT2D eigenvalue weighted by molar-refractivity contribution is 0.0823. The van der Waals surface area contributed by atoms with E-state index in [2.05, 4.69) is 15.5 Å². The largest absolute Gasteiger partial charge is 0.441 e. The summed E-state index contributed by atoms with van der Waals surface area (Å²) in [7, 11) is 1.77. The Morgan fingerprint density at radius 2 is 2.20 bits per heavy atom. The van der Waals surface area contributed by atoms with Crippen LogP contribution in [0.3, 0.4) is 0 Å². The second-order valence-electron chi connectivity index (χ2n) is 5.35. The lowest BCUT2D eigenvalue weighted by atomic mass is 10.1. The van der Waals surface area contributed by atoms with E-state index in [0.717, 1.165) is 25.9 Å². The van der Waals surface area contributed by atoms with Gasteiger partial charge < -0.3 is 19.5 Å². The van der Waals surface area contributed by atoms with Crippen LogP contribution < -0.4 is 5.32 Å². The highest BCUT2D eigenvalue weighted by molar-refractivity contribution is 5.67. The Bertz CT molecular complexity index is 441. The van der Waals surface area contributed by atoms with Gasteiger partial charge in [-0.05, 0) is 25.9 Å². The van der Waals surface area contributed by atoms with Gasteiger partial charge in [0.25, 0.3) is 0 Å². The number of carbonyl (C=O) groups is 1. The van der Waals surface area contributed by atoms with Crippen molar-refractivity contribution in [3.8, 4) is 0 Å². The number of aromatic nitrogens is 2. The average Bonchev–Trinajstić information content (AvgIpc) is 2.94. The van der Waals surface area contributed by atoms with Crippen LogP contribution in [0.5, 0.6) is 0 Å². The van der Waals surface area contributed by atoms with E-state index >= 15 is 0 Å². The molecule has 1 aliphatic heterocycles. The van der Waals surface area contributed by atoms with Crippen LogP contribution in [0.2, 0.25) is 0 Å². The van der Waals surface area contributed by atoms with Gasteiger partial charge in [-0.2, -0.15) is 4.98 Å². The molecule has 0 unspecified atom stereocenters. The van der Waals surface area contributed by atoms with Crippen molar-refractivity contribution < 1.29 is 14.1 Å². The molecule has 0 atom stereocenters. The molecule has 1 amide bonds. The van der Waals surface area contributed by atoms with E-state index in [4.69, 9.17) is 9.26 Å². The summed E-state index contributed by atoms with van der Waals surface area (Å²) in [6.45, 7) is 5.85. The van der Waals surface area contributed by atoms with Gasteiger partial charge in [0.15, 0.2) is 6.61 Å². The van der Waals surface area contributed by atoms with Crippen molar-refractivity contribution in [1.29, 1.82) is 0 Å². The smallest absolute Gasteiger partial charge is 0.410 e. The zero-order chi connectivity index (χ0) is 14.5. The number of amides is 1. The fourth-order valence-corrected chi connectivity index (χ4v) is 2.13. The van der Waals surface area contributed by atoms with Gasteiger partial charge in [-0.3, -0.25) is 0 Å². The fourth-order valence-electron chi connectivity index (χ4n) is 2.13. The Morgan fingerprint density at radius 1 is 1.50 bits per heavy atom. The van der Waals surface area contributed by atoms with Crippen molar-refractivity contribution in [3.05, 3.63) is 11.7 Å². The van der Waals surface area contributed by atoms with Gasteiger partial charge in [0, 0.05) is 19.0 Å². The quantitative estimate of drug-likeness (QED) is 0.901. The van der Waals surface area contributed by atoms with Gasteiger partial charge in [-0.1, -0.05) is 19.0 Å². The fraction of sp³-hybridized carbons (Fsp3) is 0.769. The topological polar surface area (TPSA) is 80.5 Å². The third-order valence-corrected chi connectivity index (χ3v) is 3.45. The maximum atomic E-state index is 12.0. The van der Waals surface area contributed by atoms with Crippen molar-refractivity contribution in [1.82, 2.24) is 20.4 Å². The number of hydrogen-bond donors (Lipinski definition) is 1. The van der Waals surface area contributed by atoms with Crippen LogP contribution in [-0.2, 0) is 11.3 Å². The Balaban J connectivity index is 1.81. The van der Waals surface area contributed by atoms with Crippen LogP contribution in [-0.4, -0.2) is 47.3 Å². The third kappa shape index (κ3) is 3.69. The number of carbonyl (C=O) groups excluding carboxylic acids is 1. The summed E-state index contributed by atoms with van der Waals surface area (Å²) in [5.41, 5.74) is 0. The molecule has 0 aromatic carbocycles. The lowest BCUT2D eigenvalue weighted by Crippen LogP contribution is -2.44. The molecule has 2 rings (SSSR count). The number of hydrogen-bond acceptors (Lipinski definition) is 6. The van der Waals surface area contributed by atoms with E-state index in [1.54, 1.807) is 11.9 Å².